The second-order valence-corrected chi connectivity index (χ2v) is 3.31. The molecule has 1 heterocycles. The number of likely N-dealkylation sites (tertiary alicyclic amines) is 1. The van der Waals surface area contributed by atoms with Gasteiger partial charge in [0, 0.05) is 13.1 Å². The fourth-order valence-electron chi connectivity index (χ4n) is 1.51. The largest absolute Gasteiger partial charge is 0.303 e. The summed E-state index contributed by atoms with van der Waals surface area (Å²) in [4.78, 5) is 2.52. The molecule has 1 nitrogen and oxygen atoms in total. The first kappa shape index (κ1) is 7.07. The van der Waals surface area contributed by atoms with E-state index in [-0.39, 0.29) is 0 Å². The summed E-state index contributed by atoms with van der Waals surface area (Å²) in [5.41, 5.74) is 0. The molecule has 0 aromatic carbocycles. The molecule has 0 radical (unpaired) electrons. The van der Waals surface area contributed by atoms with Gasteiger partial charge in [-0.2, -0.15) is 0 Å². The first-order valence-corrected chi connectivity index (χ1v) is 3.96. The number of hydrogen-bond donors (Lipinski definition) is 0. The Kier molecular flexibility index (Phi) is 2.12. The third-order valence-electron chi connectivity index (χ3n) is 2.51. The molecular weight excluding hydrogens is 110 g/mol. The van der Waals surface area contributed by atoms with Crippen LogP contribution in [0.1, 0.15) is 20.8 Å². The van der Waals surface area contributed by atoms with Crippen molar-refractivity contribution in [2.45, 2.75) is 20.8 Å². The normalized spacial score (nSPS) is 37.7. The fraction of sp³-hybridized carbons (Fsp3) is 1.00. The van der Waals surface area contributed by atoms with Crippen LogP contribution in [0.2, 0.25) is 0 Å². The molecule has 1 saturated heterocycles. The highest BCUT2D eigenvalue weighted by Crippen LogP contribution is 2.20. The summed E-state index contributed by atoms with van der Waals surface area (Å²) in [5.74, 6) is 1.84. The molecule has 54 valence electrons. The maximum atomic E-state index is 2.52. The van der Waals surface area contributed by atoms with Gasteiger partial charge in [-0.1, -0.05) is 20.8 Å². The van der Waals surface area contributed by atoms with Crippen LogP contribution in [-0.4, -0.2) is 24.5 Å². The predicted octanol–water partition coefficient (Wildman–Crippen LogP) is 1.59. The molecule has 0 N–H and O–H groups in total. The standard InChI is InChI=1S/C8H17N/c1-4-9-5-7(2)8(3)6-9/h7-8H,4-6H2,1-3H3/t7-,8+. The monoisotopic (exact) mass is 127 g/mol. The van der Waals surface area contributed by atoms with E-state index in [1.165, 1.54) is 19.6 Å². The topological polar surface area (TPSA) is 3.24 Å². The van der Waals surface area contributed by atoms with Crippen molar-refractivity contribution in [2.75, 3.05) is 19.6 Å². The lowest BCUT2D eigenvalue weighted by Crippen LogP contribution is -2.19. The molecule has 0 unspecified atom stereocenters. The minimum absolute atomic E-state index is 0.921. The molecule has 1 heteroatoms. The SMILES string of the molecule is CCN1C[C@@H](C)[C@@H](C)C1. The van der Waals surface area contributed by atoms with Crippen LogP contribution in [0.15, 0.2) is 0 Å². The quantitative estimate of drug-likeness (QED) is 0.517. The zero-order valence-electron chi connectivity index (χ0n) is 6.72. The minimum Gasteiger partial charge on any atom is -0.303 e. The summed E-state index contributed by atoms with van der Waals surface area (Å²) in [7, 11) is 0. The molecule has 0 spiro atoms. The van der Waals surface area contributed by atoms with Gasteiger partial charge in [-0.25, -0.2) is 0 Å². The van der Waals surface area contributed by atoms with Crippen molar-refractivity contribution in [3.63, 3.8) is 0 Å². The van der Waals surface area contributed by atoms with E-state index in [1.54, 1.807) is 0 Å². The van der Waals surface area contributed by atoms with Crippen LogP contribution in [-0.2, 0) is 0 Å². The summed E-state index contributed by atoms with van der Waals surface area (Å²) in [6.07, 6.45) is 0. The van der Waals surface area contributed by atoms with Gasteiger partial charge in [0.25, 0.3) is 0 Å². The highest BCUT2D eigenvalue weighted by molar-refractivity contribution is 4.76. The zero-order valence-corrected chi connectivity index (χ0v) is 6.72. The van der Waals surface area contributed by atoms with E-state index < -0.39 is 0 Å². The van der Waals surface area contributed by atoms with Crippen LogP contribution in [0.25, 0.3) is 0 Å². The Morgan fingerprint density at radius 1 is 1.22 bits per heavy atom. The Morgan fingerprint density at radius 2 is 1.67 bits per heavy atom. The third-order valence-corrected chi connectivity index (χ3v) is 2.51. The summed E-state index contributed by atoms with van der Waals surface area (Å²) in [6, 6.07) is 0. The van der Waals surface area contributed by atoms with Crippen molar-refractivity contribution in [3.8, 4) is 0 Å². The average molecular weight is 127 g/mol. The molecule has 0 aliphatic carbocycles. The molecule has 1 rings (SSSR count). The van der Waals surface area contributed by atoms with Crippen LogP contribution in [0, 0.1) is 11.8 Å². The van der Waals surface area contributed by atoms with E-state index in [4.69, 9.17) is 0 Å². The van der Waals surface area contributed by atoms with Gasteiger partial charge in [0.2, 0.25) is 0 Å². The maximum Gasteiger partial charge on any atom is 0.00100 e. The lowest BCUT2D eigenvalue weighted by atomic mass is 10.0. The van der Waals surface area contributed by atoms with Crippen molar-refractivity contribution in [1.82, 2.24) is 4.90 Å². The van der Waals surface area contributed by atoms with Crippen LogP contribution in [0.4, 0.5) is 0 Å². The summed E-state index contributed by atoms with van der Waals surface area (Å²) in [5, 5.41) is 0. The molecule has 0 saturated carbocycles. The Bertz CT molecular complexity index is 80.6. The highest BCUT2D eigenvalue weighted by atomic mass is 15.1. The molecule has 0 bridgehead atoms. The van der Waals surface area contributed by atoms with Gasteiger partial charge in [-0.05, 0) is 18.4 Å². The lowest BCUT2D eigenvalue weighted by Gasteiger charge is -2.10. The van der Waals surface area contributed by atoms with Crippen molar-refractivity contribution in [1.29, 1.82) is 0 Å². The Morgan fingerprint density at radius 3 is 1.89 bits per heavy atom. The van der Waals surface area contributed by atoms with Gasteiger partial charge in [0.05, 0.1) is 0 Å². The Labute approximate surface area is 58.0 Å². The smallest absolute Gasteiger partial charge is 0.00100 e. The van der Waals surface area contributed by atoms with Gasteiger partial charge < -0.3 is 4.90 Å². The van der Waals surface area contributed by atoms with Gasteiger partial charge in [-0.15, -0.1) is 0 Å². The van der Waals surface area contributed by atoms with Crippen LogP contribution >= 0.6 is 0 Å². The first-order valence-electron chi connectivity index (χ1n) is 3.96. The first-order chi connectivity index (χ1) is 4.24. The highest BCUT2D eigenvalue weighted by Gasteiger charge is 2.23. The van der Waals surface area contributed by atoms with Crippen molar-refractivity contribution < 1.29 is 0 Å². The molecular formula is C8H17N. The van der Waals surface area contributed by atoms with Gasteiger partial charge in [-0.3, -0.25) is 0 Å². The van der Waals surface area contributed by atoms with Gasteiger partial charge in [0.15, 0.2) is 0 Å². The number of rotatable bonds is 1. The summed E-state index contributed by atoms with van der Waals surface area (Å²) in [6.45, 7) is 10.8. The van der Waals surface area contributed by atoms with Crippen LogP contribution < -0.4 is 0 Å². The second kappa shape index (κ2) is 2.70. The maximum absolute atomic E-state index is 2.52. The van der Waals surface area contributed by atoms with E-state index in [0.29, 0.717) is 0 Å². The second-order valence-electron chi connectivity index (χ2n) is 3.31. The molecule has 1 aliphatic heterocycles. The molecule has 0 aromatic heterocycles. The molecule has 2 atom stereocenters. The average Bonchev–Trinajstić information content (AvgIpc) is 2.13. The van der Waals surface area contributed by atoms with Crippen molar-refractivity contribution in [2.24, 2.45) is 11.8 Å². The van der Waals surface area contributed by atoms with Crippen LogP contribution in [0.3, 0.4) is 0 Å². The van der Waals surface area contributed by atoms with Crippen molar-refractivity contribution >= 4 is 0 Å². The summed E-state index contributed by atoms with van der Waals surface area (Å²) >= 11 is 0. The number of hydrogen-bond acceptors (Lipinski definition) is 1. The minimum atomic E-state index is 0.921. The van der Waals surface area contributed by atoms with Gasteiger partial charge in [0.1, 0.15) is 0 Å². The predicted molar refractivity (Wildman–Crippen MR) is 40.4 cm³/mol. The van der Waals surface area contributed by atoms with Gasteiger partial charge >= 0.3 is 0 Å². The van der Waals surface area contributed by atoms with Crippen LogP contribution in [0.5, 0.6) is 0 Å². The Balaban J connectivity index is 2.35. The lowest BCUT2D eigenvalue weighted by molar-refractivity contribution is 0.342. The molecule has 1 fully saturated rings. The van der Waals surface area contributed by atoms with E-state index in [0.717, 1.165) is 11.8 Å². The molecule has 0 amide bonds. The van der Waals surface area contributed by atoms with E-state index in [1.807, 2.05) is 0 Å². The zero-order chi connectivity index (χ0) is 6.85. The Hall–Kier alpha value is -0.0400. The fourth-order valence-corrected chi connectivity index (χ4v) is 1.51. The number of nitrogens with zero attached hydrogens (tertiary/aromatic N) is 1. The van der Waals surface area contributed by atoms with E-state index in [2.05, 4.69) is 25.7 Å². The van der Waals surface area contributed by atoms with E-state index in [9.17, 15) is 0 Å². The third kappa shape index (κ3) is 1.45. The summed E-state index contributed by atoms with van der Waals surface area (Å²) < 4.78 is 0. The van der Waals surface area contributed by atoms with E-state index >= 15 is 0 Å². The molecule has 9 heavy (non-hydrogen) atoms. The molecule has 0 aromatic rings. The van der Waals surface area contributed by atoms with Crippen molar-refractivity contribution in [3.05, 3.63) is 0 Å². The molecule has 1 aliphatic rings.